The number of aromatic nitrogens is 2. The molecule has 0 aromatic carbocycles. The van der Waals surface area contributed by atoms with Crippen molar-refractivity contribution in [3.63, 3.8) is 0 Å². The van der Waals surface area contributed by atoms with Gasteiger partial charge in [-0.1, -0.05) is 13.8 Å². The molecule has 28 heavy (non-hydrogen) atoms. The lowest BCUT2D eigenvalue weighted by Gasteiger charge is -2.43. The number of aryl methyl sites for hydroxylation is 1. The lowest BCUT2D eigenvalue weighted by Crippen LogP contribution is -2.57. The molecule has 0 unspecified atom stereocenters. The smallest absolute Gasteiger partial charge is 0.491 e. The summed E-state index contributed by atoms with van der Waals surface area (Å²) in [4.78, 5) is 19.9. The summed E-state index contributed by atoms with van der Waals surface area (Å²) in [6.07, 6.45) is 1.90. The van der Waals surface area contributed by atoms with Crippen molar-refractivity contribution in [1.82, 2.24) is 15.3 Å². The largest absolute Gasteiger partial charge is 0.514 e. The summed E-state index contributed by atoms with van der Waals surface area (Å²) < 4.78 is 15.6. The molecule has 0 amide bonds. The topological polar surface area (TPSA) is 82.6 Å². The highest BCUT2D eigenvalue weighted by Gasteiger charge is 2.38. The number of nitrogens with one attached hydrogen (secondary N) is 1. The molecule has 0 bridgehead atoms. The molecule has 3 rings (SSSR count). The molecule has 150 valence electrons. The van der Waals surface area contributed by atoms with Crippen LogP contribution in [0.4, 0.5) is 4.79 Å². The molecule has 1 fully saturated rings. The number of rotatable bonds is 7. The Balaban J connectivity index is 1.70. The van der Waals surface area contributed by atoms with Gasteiger partial charge in [-0.25, -0.2) is 14.8 Å². The van der Waals surface area contributed by atoms with E-state index in [9.17, 15) is 4.79 Å². The van der Waals surface area contributed by atoms with Crippen molar-refractivity contribution in [3.8, 4) is 22.9 Å². The summed E-state index contributed by atoms with van der Waals surface area (Å²) in [6.45, 7) is 9.10. The molecular weight excluding hydrogens is 358 g/mol. The van der Waals surface area contributed by atoms with Gasteiger partial charge in [0.25, 0.3) is 0 Å². The highest BCUT2D eigenvalue weighted by molar-refractivity contribution is 5.65. The van der Waals surface area contributed by atoms with Crippen LogP contribution >= 0.6 is 0 Å². The van der Waals surface area contributed by atoms with Gasteiger partial charge in [0.1, 0.15) is 5.75 Å². The molecule has 0 spiro atoms. The van der Waals surface area contributed by atoms with E-state index in [4.69, 9.17) is 9.47 Å². The number of hydrogen-bond acceptors (Lipinski definition) is 7. The average molecular weight is 385 g/mol. The summed E-state index contributed by atoms with van der Waals surface area (Å²) >= 11 is 0. The highest BCUT2D eigenvalue weighted by atomic mass is 16.7. The zero-order valence-electron chi connectivity index (χ0n) is 16.8. The fourth-order valence-corrected chi connectivity index (χ4v) is 3.49. The molecule has 2 aromatic heterocycles. The van der Waals surface area contributed by atoms with Crippen LogP contribution in [-0.2, 0) is 4.74 Å². The van der Waals surface area contributed by atoms with Crippen LogP contribution in [0.15, 0.2) is 30.5 Å². The van der Waals surface area contributed by atoms with Gasteiger partial charge in [-0.15, -0.1) is 0 Å². The minimum atomic E-state index is -0.807. The van der Waals surface area contributed by atoms with E-state index in [1.807, 2.05) is 25.1 Å². The Morgan fingerprint density at radius 1 is 1.29 bits per heavy atom. The van der Waals surface area contributed by atoms with Gasteiger partial charge in [-0.2, -0.15) is 0 Å². The zero-order chi connectivity index (χ0) is 20.1. The number of carbonyl (C=O) groups is 1. The zero-order valence-corrected chi connectivity index (χ0v) is 16.8. The molecule has 7 nitrogen and oxygen atoms in total. The van der Waals surface area contributed by atoms with E-state index < -0.39 is 6.16 Å². The molecular formula is C21H27N3O4. The normalized spacial score (nSPS) is 15.0. The van der Waals surface area contributed by atoms with Crippen LogP contribution in [0.1, 0.15) is 26.0 Å². The van der Waals surface area contributed by atoms with E-state index in [-0.39, 0.29) is 11.3 Å². The Hall–Kier alpha value is -2.67. The first-order valence-corrected chi connectivity index (χ1v) is 9.44. The monoisotopic (exact) mass is 385 g/mol. The third-order valence-electron chi connectivity index (χ3n) is 4.80. The Morgan fingerprint density at radius 2 is 2.07 bits per heavy atom. The highest BCUT2D eigenvalue weighted by Crippen LogP contribution is 2.32. The van der Waals surface area contributed by atoms with E-state index in [2.05, 4.69) is 33.9 Å². The summed E-state index contributed by atoms with van der Waals surface area (Å²) in [7, 11) is 1.25. The van der Waals surface area contributed by atoms with Gasteiger partial charge in [0.15, 0.2) is 0 Å². The lowest BCUT2D eigenvalue weighted by molar-refractivity contribution is 0.0597. The molecule has 7 heteroatoms. The van der Waals surface area contributed by atoms with E-state index in [0.29, 0.717) is 12.5 Å². The minimum absolute atomic E-state index is 0.164. The summed E-state index contributed by atoms with van der Waals surface area (Å²) in [5.74, 6) is 1.59. The Bertz CT molecular complexity index is 834. The third kappa shape index (κ3) is 4.78. The number of pyridine rings is 2. The Morgan fingerprint density at radius 3 is 2.68 bits per heavy atom. The van der Waals surface area contributed by atoms with E-state index >= 15 is 0 Å². The molecule has 0 saturated carbocycles. The van der Waals surface area contributed by atoms with Crippen molar-refractivity contribution >= 4 is 6.16 Å². The SMILES string of the molecule is COC(=O)Oc1cc(-c2ccc(OCC3(CC(C)C)CNC3)c(C)n2)ccn1. The Labute approximate surface area is 165 Å². The van der Waals surface area contributed by atoms with Crippen LogP contribution in [0.3, 0.4) is 0 Å². The molecule has 1 saturated heterocycles. The molecule has 0 radical (unpaired) electrons. The maximum absolute atomic E-state index is 11.3. The second-order valence-electron chi connectivity index (χ2n) is 7.71. The molecule has 0 aliphatic carbocycles. The van der Waals surface area contributed by atoms with Gasteiger partial charge in [-0.3, -0.25) is 0 Å². The summed E-state index contributed by atoms with van der Waals surface area (Å²) in [5.41, 5.74) is 2.58. The predicted molar refractivity (Wildman–Crippen MR) is 105 cm³/mol. The van der Waals surface area contributed by atoms with Crippen LogP contribution in [0.5, 0.6) is 11.6 Å². The maximum atomic E-state index is 11.3. The molecule has 1 aliphatic heterocycles. The van der Waals surface area contributed by atoms with Crippen LogP contribution in [0, 0.1) is 18.3 Å². The van der Waals surface area contributed by atoms with Crippen molar-refractivity contribution in [2.75, 3.05) is 26.8 Å². The van der Waals surface area contributed by atoms with Crippen molar-refractivity contribution < 1.29 is 19.0 Å². The standard InChI is InChI=1S/C21H27N3O4/c1-14(2)10-21(11-22-12-21)13-27-18-6-5-17(24-15(18)3)16-7-8-23-19(9-16)28-20(25)26-4/h5-9,14,22H,10-13H2,1-4H3. The van der Waals surface area contributed by atoms with Gasteiger partial charge in [0.2, 0.25) is 5.88 Å². The van der Waals surface area contributed by atoms with Crippen molar-refractivity contribution in [3.05, 3.63) is 36.2 Å². The third-order valence-corrected chi connectivity index (χ3v) is 4.80. The van der Waals surface area contributed by atoms with E-state index in [0.717, 1.165) is 42.2 Å². The second kappa shape index (κ2) is 8.56. The van der Waals surface area contributed by atoms with Crippen molar-refractivity contribution in [2.45, 2.75) is 27.2 Å². The van der Waals surface area contributed by atoms with Crippen LogP contribution < -0.4 is 14.8 Å². The first kappa shape index (κ1) is 20.1. The van der Waals surface area contributed by atoms with Gasteiger partial charge in [0, 0.05) is 36.3 Å². The number of nitrogens with zero attached hydrogens (tertiary/aromatic N) is 2. The van der Waals surface area contributed by atoms with E-state index in [1.54, 1.807) is 12.3 Å². The van der Waals surface area contributed by atoms with Crippen LogP contribution in [0.2, 0.25) is 0 Å². The van der Waals surface area contributed by atoms with E-state index in [1.165, 1.54) is 7.11 Å². The number of ether oxygens (including phenoxy) is 3. The summed E-state index contributed by atoms with van der Waals surface area (Å²) in [5, 5.41) is 3.37. The minimum Gasteiger partial charge on any atom is -0.491 e. The molecule has 3 heterocycles. The van der Waals surface area contributed by atoms with Crippen LogP contribution in [-0.4, -0.2) is 42.9 Å². The van der Waals surface area contributed by atoms with Gasteiger partial charge in [0.05, 0.1) is 25.1 Å². The summed E-state index contributed by atoms with van der Waals surface area (Å²) in [6, 6.07) is 7.29. The Kier molecular flexibility index (Phi) is 6.14. The van der Waals surface area contributed by atoms with Crippen LogP contribution in [0.25, 0.3) is 11.3 Å². The van der Waals surface area contributed by atoms with Crippen molar-refractivity contribution in [2.24, 2.45) is 11.3 Å². The maximum Gasteiger partial charge on any atom is 0.514 e. The number of methoxy groups -OCH3 is 1. The number of carbonyl (C=O) groups excluding carboxylic acids is 1. The molecule has 1 N–H and O–H groups in total. The average Bonchev–Trinajstić information content (AvgIpc) is 2.64. The molecule has 0 atom stereocenters. The van der Waals surface area contributed by atoms with Crippen molar-refractivity contribution in [1.29, 1.82) is 0 Å². The quantitative estimate of drug-likeness (QED) is 0.729. The predicted octanol–water partition coefficient (Wildman–Crippen LogP) is 3.61. The first-order chi connectivity index (χ1) is 13.4. The fourth-order valence-electron chi connectivity index (χ4n) is 3.49. The molecule has 2 aromatic rings. The fraction of sp³-hybridized carbons (Fsp3) is 0.476. The number of hydrogen-bond donors (Lipinski definition) is 1. The molecule has 1 aliphatic rings. The second-order valence-corrected chi connectivity index (χ2v) is 7.71. The lowest BCUT2D eigenvalue weighted by atomic mass is 9.76. The van der Waals surface area contributed by atoms with Gasteiger partial charge in [-0.05, 0) is 37.5 Å². The van der Waals surface area contributed by atoms with Gasteiger partial charge >= 0.3 is 6.16 Å². The van der Waals surface area contributed by atoms with Gasteiger partial charge < -0.3 is 19.5 Å². The first-order valence-electron chi connectivity index (χ1n) is 9.44.